The van der Waals surface area contributed by atoms with Gasteiger partial charge in [-0.1, -0.05) is 274 Å². The van der Waals surface area contributed by atoms with E-state index in [9.17, 15) is 43.2 Å². The Hall–Kier alpha value is -5.84. The van der Waals surface area contributed by atoms with E-state index in [0.29, 0.717) is 38.5 Å². The maximum absolute atomic E-state index is 13.1. The Balaban J connectivity index is 5.53. The number of aliphatic hydroxyl groups is 1. The molecule has 5 atom stereocenters. The van der Waals surface area contributed by atoms with Crippen molar-refractivity contribution in [3.8, 4) is 0 Å². The molecule has 100 heavy (non-hydrogen) atoms. The fourth-order valence-electron chi connectivity index (χ4n) is 8.89. The van der Waals surface area contributed by atoms with Crippen molar-refractivity contribution in [2.45, 2.75) is 264 Å². The smallest absolute Gasteiger partial charge is 0.462 e. The number of unbranched alkanes of at least 4 members (excludes halogenated alkanes) is 12. The molecule has 0 saturated heterocycles. The van der Waals surface area contributed by atoms with E-state index in [1.165, 1.54) is 38.5 Å². The second kappa shape index (κ2) is 71.6. The monoisotopic (exact) mass is 1430 g/mol. The van der Waals surface area contributed by atoms with Crippen LogP contribution in [0.4, 0.5) is 0 Å². The quantitative estimate of drug-likeness (QED) is 0.0169. The summed E-state index contributed by atoms with van der Waals surface area (Å²) in [4.78, 5) is 72.7. The third kappa shape index (κ3) is 70.6. The zero-order valence-corrected chi connectivity index (χ0v) is 63.1. The molecule has 564 valence electrons. The first-order valence-electron chi connectivity index (χ1n) is 37.0. The zero-order valence-electron chi connectivity index (χ0n) is 61.3. The van der Waals surface area contributed by atoms with Crippen LogP contribution in [0.2, 0.25) is 0 Å². The molecule has 0 fully saturated rings. The van der Waals surface area contributed by atoms with Crippen molar-refractivity contribution in [3.05, 3.63) is 182 Å². The molecule has 0 radical (unpaired) electrons. The highest BCUT2D eigenvalue weighted by Gasteiger charge is 2.30. The number of phosphoric acid groups is 2. The van der Waals surface area contributed by atoms with Crippen LogP contribution in [0.3, 0.4) is 0 Å². The molecule has 0 rings (SSSR count). The molecular formula is C81H128O17P2. The van der Waals surface area contributed by atoms with Crippen LogP contribution in [0.5, 0.6) is 0 Å². The molecule has 0 heterocycles. The molecule has 3 N–H and O–H groups in total. The fourth-order valence-corrected chi connectivity index (χ4v) is 10.5. The van der Waals surface area contributed by atoms with E-state index in [4.69, 9.17) is 37.0 Å². The zero-order chi connectivity index (χ0) is 73.2. The van der Waals surface area contributed by atoms with Gasteiger partial charge >= 0.3 is 39.5 Å². The number of ether oxygens (including phenoxy) is 4. The topological polar surface area (TPSA) is 237 Å². The van der Waals surface area contributed by atoms with Crippen molar-refractivity contribution >= 4 is 39.5 Å². The Morgan fingerprint density at radius 3 is 0.890 bits per heavy atom. The van der Waals surface area contributed by atoms with Gasteiger partial charge in [-0.25, -0.2) is 9.13 Å². The largest absolute Gasteiger partial charge is 0.472 e. The molecule has 0 aromatic rings. The molecule has 19 heteroatoms. The number of phosphoric ester groups is 2. The van der Waals surface area contributed by atoms with Gasteiger partial charge in [-0.05, 0) is 128 Å². The van der Waals surface area contributed by atoms with Gasteiger partial charge in [0, 0.05) is 19.3 Å². The van der Waals surface area contributed by atoms with Crippen molar-refractivity contribution in [2.24, 2.45) is 0 Å². The minimum Gasteiger partial charge on any atom is -0.462 e. The van der Waals surface area contributed by atoms with Crippen molar-refractivity contribution in [3.63, 3.8) is 0 Å². The predicted molar refractivity (Wildman–Crippen MR) is 408 cm³/mol. The molecule has 0 aromatic carbocycles. The van der Waals surface area contributed by atoms with Gasteiger partial charge in [-0.3, -0.25) is 37.3 Å². The lowest BCUT2D eigenvalue weighted by atomic mass is 10.1. The predicted octanol–water partition coefficient (Wildman–Crippen LogP) is 21.2. The molecule has 5 unspecified atom stereocenters. The van der Waals surface area contributed by atoms with E-state index < -0.39 is 97.5 Å². The van der Waals surface area contributed by atoms with Crippen LogP contribution in [0.15, 0.2) is 182 Å². The maximum atomic E-state index is 13.1. The minimum absolute atomic E-state index is 0.00489. The molecule has 0 aliphatic rings. The van der Waals surface area contributed by atoms with Crippen molar-refractivity contribution in [2.75, 3.05) is 39.6 Å². The average molecular weight is 1440 g/mol. The van der Waals surface area contributed by atoms with E-state index in [2.05, 4.69) is 161 Å². The van der Waals surface area contributed by atoms with Crippen LogP contribution < -0.4 is 0 Å². The van der Waals surface area contributed by atoms with Crippen molar-refractivity contribution in [1.29, 1.82) is 0 Å². The van der Waals surface area contributed by atoms with Crippen molar-refractivity contribution in [1.82, 2.24) is 0 Å². The van der Waals surface area contributed by atoms with Gasteiger partial charge in [-0.2, -0.15) is 0 Å². The molecule has 0 aliphatic heterocycles. The third-order valence-electron chi connectivity index (χ3n) is 14.4. The van der Waals surface area contributed by atoms with E-state index in [1.54, 1.807) is 6.08 Å². The van der Waals surface area contributed by atoms with Gasteiger partial charge in [-0.15, -0.1) is 0 Å². The second-order valence-corrected chi connectivity index (χ2v) is 26.7. The highest BCUT2D eigenvalue weighted by Crippen LogP contribution is 2.45. The lowest BCUT2D eigenvalue weighted by Crippen LogP contribution is -2.30. The lowest BCUT2D eigenvalue weighted by Gasteiger charge is -2.21. The molecule has 0 aromatic heterocycles. The summed E-state index contributed by atoms with van der Waals surface area (Å²) in [6.07, 6.45) is 85.2. The molecule has 0 aliphatic carbocycles. The number of hydrogen-bond acceptors (Lipinski definition) is 15. The van der Waals surface area contributed by atoms with Gasteiger partial charge in [0.05, 0.1) is 32.8 Å². The van der Waals surface area contributed by atoms with Crippen LogP contribution >= 0.6 is 15.6 Å². The van der Waals surface area contributed by atoms with Crippen LogP contribution in [-0.2, 0) is 65.4 Å². The molecule has 0 spiro atoms. The number of carbonyl (C=O) groups is 4. The SMILES string of the molecule is CC/C=C\C/C=C\C/C=C\C/C=C\C/C=C\CCCC(=O)OCC(COP(=O)(O)OCC(O)COP(=O)(O)OCC(COC(=O)C/C=C\C/C=C\C/C=C\C/C=C\C/C=C\CC)OC(=O)CCCCCCCCCCCCC)OC(=O)CCC/C=C\C/C=C\C/C=C\C/C=C\C/C=C\CC. The van der Waals surface area contributed by atoms with Crippen LogP contribution in [0, 0.1) is 0 Å². The third-order valence-corrected chi connectivity index (χ3v) is 16.3. The highest BCUT2D eigenvalue weighted by atomic mass is 31.2. The number of hydrogen-bond donors (Lipinski definition) is 3. The van der Waals surface area contributed by atoms with E-state index in [-0.39, 0.29) is 25.7 Å². The van der Waals surface area contributed by atoms with Gasteiger partial charge in [0.15, 0.2) is 12.2 Å². The standard InChI is InChI=1S/C81H128O17P2/c1-5-9-13-17-21-25-29-32-35-37-40-43-47-50-54-58-62-66-79(84)92-72-77(98-81(86)68-64-60-56-52-48-44-41-38-36-33-30-26-22-18-14-10-6-2)74-96-100(89,90)94-70-75(82)69-93-99(87,88)95-73-76(97-80(85)67-63-59-55-51-45-28-24-20-16-12-8-4)71-91-78(83)65-61-57-53-49-46-42-39-34-31-27-23-19-15-11-7-3/h9-11,13-15,21-23,25-27,32-36,39-41,43-44,46,49-50,52,54,56-57,61,75-77,82H,5-8,12,16-20,24,28-31,37-38,42,45,47-48,51,53,55,58-60,62-74H2,1-4H3,(H,87,88)(H,89,90)/b13-9-,14-10-,15-11-,25-21-,26-22-,27-23-,35-32-,36-33-,39-34-,43-40-,44-41-,49-46-,54-50-,56-52-,61-57-. The number of rotatable bonds is 67. The second-order valence-electron chi connectivity index (χ2n) is 23.8. The number of allylic oxidation sites excluding steroid dienone is 29. The summed E-state index contributed by atoms with van der Waals surface area (Å²) in [5, 5.41) is 10.6. The average Bonchev–Trinajstić information content (AvgIpc) is 1.00. The Bertz CT molecular complexity index is 2620. The number of esters is 4. The number of carbonyl (C=O) groups excluding carboxylic acids is 4. The Morgan fingerprint density at radius 2 is 0.560 bits per heavy atom. The van der Waals surface area contributed by atoms with Crippen LogP contribution in [-0.4, -0.2) is 96.7 Å². The molecule has 17 nitrogen and oxygen atoms in total. The summed E-state index contributed by atoms with van der Waals surface area (Å²) in [5.74, 6) is -2.48. The molecular weight excluding hydrogens is 1310 g/mol. The Kier molecular flexibility index (Phi) is 67.4. The van der Waals surface area contributed by atoms with Crippen molar-refractivity contribution < 1.29 is 80.2 Å². The first-order valence-corrected chi connectivity index (χ1v) is 40.0. The Labute approximate surface area is 603 Å². The van der Waals surface area contributed by atoms with E-state index in [1.807, 2.05) is 42.5 Å². The normalized spacial score (nSPS) is 15.0. The molecule has 0 saturated carbocycles. The summed E-state index contributed by atoms with van der Waals surface area (Å²) < 4.78 is 68.1. The molecule has 0 amide bonds. The summed E-state index contributed by atoms with van der Waals surface area (Å²) in [5.41, 5.74) is 0. The van der Waals surface area contributed by atoms with Gasteiger partial charge in [0.25, 0.3) is 0 Å². The lowest BCUT2D eigenvalue weighted by molar-refractivity contribution is -0.161. The minimum atomic E-state index is -5.02. The molecule has 0 bridgehead atoms. The van der Waals surface area contributed by atoms with Gasteiger partial charge < -0.3 is 33.8 Å². The maximum Gasteiger partial charge on any atom is 0.472 e. The highest BCUT2D eigenvalue weighted by molar-refractivity contribution is 7.47. The van der Waals surface area contributed by atoms with E-state index in [0.717, 1.165) is 116 Å². The van der Waals surface area contributed by atoms with E-state index >= 15 is 0 Å². The fraction of sp³-hybridized carbons (Fsp3) is 0.580. The first kappa shape index (κ1) is 94.2. The summed E-state index contributed by atoms with van der Waals surface area (Å²) in [7, 11) is -10.0. The summed E-state index contributed by atoms with van der Waals surface area (Å²) in [6.45, 7) is 4.23. The number of aliphatic hydroxyl groups excluding tert-OH is 1. The summed E-state index contributed by atoms with van der Waals surface area (Å²) >= 11 is 0. The van der Waals surface area contributed by atoms with Gasteiger partial charge in [0.1, 0.15) is 19.3 Å². The van der Waals surface area contributed by atoms with Gasteiger partial charge in [0.2, 0.25) is 0 Å². The van der Waals surface area contributed by atoms with Crippen LogP contribution in [0.25, 0.3) is 0 Å². The summed E-state index contributed by atoms with van der Waals surface area (Å²) in [6, 6.07) is 0. The van der Waals surface area contributed by atoms with Crippen LogP contribution in [0.1, 0.15) is 246 Å². The Morgan fingerprint density at radius 1 is 0.300 bits per heavy atom. The first-order chi connectivity index (χ1) is 48.7.